The van der Waals surface area contributed by atoms with E-state index in [1.807, 2.05) is 35.2 Å². The molecule has 2 amide bonds. The van der Waals surface area contributed by atoms with Crippen LogP contribution in [0.15, 0.2) is 48.5 Å². The van der Waals surface area contributed by atoms with E-state index in [1.165, 1.54) is 10.4 Å². The second-order valence-electron chi connectivity index (χ2n) is 6.73. The molecule has 2 aromatic rings. The van der Waals surface area contributed by atoms with Gasteiger partial charge in [-0.25, -0.2) is 0 Å². The fourth-order valence-electron chi connectivity index (χ4n) is 3.17. The second-order valence-corrected chi connectivity index (χ2v) is 7.85. The molecular formula is C21H24N2O2S. The van der Waals surface area contributed by atoms with Gasteiger partial charge in [0.15, 0.2) is 0 Å². The molecule has 0 unspecified atom stereocenters. The van der Waals surface area contributed by atoms with Gasteiger partial charge in [-0.1, -0.05) is 30.3 Å². The number of hydrogen-bond donors (Lipinski definition) is 0. The highest BCUT2D eigenvalue weighted by Crippen LogP contribution is 2.28. The molecule has 3 rings (SSSR count). The molecule has 1 saturated heterocycles. The molecule has 4 nitrogen and oxygen atoms in total. The number of nitrogens with zero attached hydrogens (tertiary/aromatic N) is 2. The molecule has 0 atom stereocenters. The Hall–Kier alpha value is -2.40. The summed E-state index contributed by atoms with van der Waals surface area (Å²) in [7, 11) is 3.57. The number of rotatable bonds is 4. The Labute approximate surface area is 158 Å². The molecule has 0 aliphatic carbocycles. The second kappa shape index (κ2) is 8.32. The molecule has 1 aliphatic rings. The van der Waals surface area contributed by atoms with E-state index in [2.05, 4.69) is 18.2 Å². The molecule has 1 aromatic carbocycles. The first-order chi connectivity index (χ1) is 12.5. The van der Waals surface area contributed by atoms with Crippen LogP contribution >= 0.6 is 11.3 Å². The summed E-state index contributed by atoms with van der Waals surface area (Å²) in [4.78, 5) is 30.2. The van der Waals surface area contributed by atoms with Crippen molar-refractivity contribution in [1.29, 1.82) is 0 Å². The molecule has 2 heterocycles. The molecule has 1 aliphatic heterocycles. The van der Waals surface area contributed by atoms with E-state index in [4.69, 9.17) is 0 Å². The van der Waals surface area contributed by atoms with Crippen LogP contribution in [0.3, 0.4) is 0 Å². The molecule has 0 N–H and O–H groups in total. The van der Waals surface area contributed by atoms with Crippen LogP contribution in [0.2, 0.25) is 0 Å². The maximum Gasteiger partial charge on any atom is 0.246 e. The lowest BCUT2D eigenvalue weighted by molar-refractivity contribution is -0.137. The molecule has 1 fully saturated rings. The lowest BCUT2D eigenvalue weighted by atomic mass is 9.95. The average molecular weight is 369 g/mol. The van der Waals surface area contributed by atoms with Crippen LogP contribution in [0.5, 0.6) is 0 Å². The Morgan fingerprint density at radius 2 is 1.77 bits per heavy atom. The van der Waals surface area contributed by atoms with Crippen molar-refractivity contribution in [3.05, 3.63) is 53.4 Å². The van der Waals surface area contributed by atoms with Crippen molar-refractivity contribution in [3.8, 4) is 10.4 Å². The molecule has 0 bridgehead atoms. The Morgan fingerprint density at radius 3 is 2.42 bits per heavy atom. The number of piperidine rings is 1. The molecule has 0 saturated carbocycles. The number of thiophene rings is 1. The van der Waals surface area contributed by atoms with Gasteiger partial charge < -0.3 is 9.80 Å². The van der Waals surface area contributed by atoms with Crippen molar-refractivity contribution >= 4 is 29.2 Å². The van der Waals surface area contributed by atoms with E-state index in [0.717, 1.165) is 17.7 Å². The molecule has 0 radical (unpaired) electrons. The third-order valence-corrected chi connectivity index (χ3v) is 5.77. The Bertz CT molecular complexity index is 787. The van der Waals surface area contributed by atoms with E-state index >= 15 is 0 Å². The summed E-state index contributed by atoms with van der Waals surface area (Å²) in [6, 6.07) is 14.4. The molecular weight excluding hydrogens is 344 g/mol. The van der Waals surface area contributed by atoms with Crippen molar-refractivity contribution in [2.45, 2.75) is 12.8 Å². The van der Waals surface area contributed by atoms with Crippen molar-refractivity contribution in [3.63, 3.8) is 0 Å². The number of benzene rings is 1. The van der Waals surface area contributed by atoms with Gasteiger partial charge in [0.2, 0.25) is 11.8 Å². The zero-order chi connectivity index (χ0) is 18.5. The minimum absolute atomic E-state index is 0.0235. The highest BCUT2D eigenvalue weighted by molar-refractivity contribution is 7.16. The van der Waals surface area contributed by atoms with Gasteiger partial charge >= 0.3 is 0 Å². The molecule has 0 spiro atoms. The summed E-state index contributed by atoms with van der Waals surface area (Å²) in [5, 5.41) is 0. The Balaban J connectivity index is 1.56. The third kappa shape index (κ3) is 4.41. The molecule has 26 heavy (non-hydrogen) atoms. The number of amides is 2. The van der Waals surface area contributed by atoms with Crippen molar-refractivity contribution in [2.75, 3.05) is 27.2 Å². The van der Waals surface area contributed by atoms with Gasteiger partial charge in [0.05, 0.1) is 0 Å². The van der Waals surface area contributed by atoms with E-state index in [-0.39, 0.29) is 17.7 Å². The van der Waals surface area contributed by atoms with Crippen LogP contribution in [0.4, 0.5) is 0 Å². The van der Waals surface area contributed by atoms with Crippen LogP contribution in [0.25, 0.3) is 16.5 Å². The molecule has 1 aromatic heterocycles. The van der Waals surface area contributed by atoms with Crippen LogP contribution in [0, 0.1) is 5.92 Å². The van der Waals surface area contributed by atoms with Gasteiger partial charge in [0.25, 0.3) is 0 Å². The Morgan fingerprint density at radius 1 is 1.08 bits per heavy atom. The minimum atomic E-state index is 0.0235. The predicted molar refractivity (Wildman–Crippen MR) is 107 cm³/mol. The lowest BCUT2D eigenvalue weighted by Gasteiger charge is -2.31. The van der Waals surface area contributed by atoms with Crippen LogP contribution < -0.4 is 0 Å². The smallest absolute Gasteiger partial charge is 0.246 e. The summed E-state index contributed by atoms with van der Waals surface area (Å²) in [6.45, 7) is 1.29. The van der Waals surface area contributed by atoms with Gasteiger partial charge in [-0.05, 0) is 36.6 Å². The quantitative estimate of drug-likeness (QED) is 0.771. The van der Waals surface area contributed by atoms with Crippen LogP contribution in [-0.4, -0.2) is 48.8 Å². The predicted octanol–water partition coefficient (Wildman–Crippen LogP) is 3.76. The number of likely N-dealkylation sites (tertiary alicyclic amines) is 1. The van der Waals surface area contributed by atoms with Crippen LogP contribution in [-0.2, 0) is 9.59 Å². The zero-order valence-corrected chi connectivity index (χ0v) is 16.0. The molecule has 5 heteroatoms. The van der Waals surface area contributed by atoms with Gasteiger partial charge in [0, 0.05) is 48.9 Å². The minimum Gasteiger partial charge on any atom is -0.349 e. The van der Waals surface area contributed by atoms with Crippen molar-refractivity contribution in [2.24, 2.45) is 5.92 Å². The normalized spacial score (nSPS) is 15.4. The van der Waals surface area contributed by atoms with E-state index in [0.29, 0.717) is 13.1 Å². The highest BCUT2D eigenvalue weighted by atomic mass is 32.1. The van der Waals surface area contributed by atoms with E-state index in [9.17, 15) is 9.59 Å². The summed E-state index contributed by atoms with van der Waals surface area (Å²) in [5.41, 5.74) is 1.19. The SMILES string of the molecule is CN(C)C(=O)C1CCN(C(=O)/C=C/c2ccc(-c3ccccc3)s2)CC1. The van der Waals surface area contributed by atoms with Gasteiger partial charge in [-0.2, -0.15) is 0 Å². The van der Waals surface area contributed by atoms with E-state index < -0.39 is 0 Å². The zero-order valence-electron chi connectivity index (χ0n) is 15.2. The Kier molecular flexibility index (Phi) is 5.89. The largest absolute Gasteiger partial charge is 0.349 e. The average Bonchev–Trinajstić information content (AvgIpc) is 3.15. The highest BCUT2D eigenvalue weighted by Gasteiger charge is 2.27. The van der Waals surface area contributed by atoms with Crippen molar-refractivity contribution < 1.29 is 9.59 Å². The lowest BCUT2D eigenvalue weighted by Crippen LogP contribution is -2.42. The summed E-state index contributed by atoms with van der Waals surface area (Å²) < 4.78 is 0. The monoisotopic (exact) mass is 368 g/mol. The van der Waals surface area contributed by atoms with Gasteiger partial charge in [-0.3, -0.25) is 9.59 Å². The number of hydrogen-bond acceptors (Lipinski definition) is 3. The standard InChI is InChI=1S/C21H24N2O2S/c1-22(2)21(25)17-12-14-23(15-13-17)20(24)11-9-18-8-10-19(26-18)16-6-4-3-5-7-16/h3-11,17H,12-15H2,1-2H3/b11-9+. The summed E-state index contributed by atoms with van der Waals surface area (Å²) >= 11 is 1.67. The number of carbonyl (C=O) groups is 2. The third-order valence-electron chi connectivity index (χ3n) is 4.67. The maximum atomic E-state index is 12.4. The van der Waals surface area contributed by atoms with Gasteiger partial charge in [-0.15, -0.1) is 11.3 Å². The van der Waals surface area contributed by atoms with Crippen molar-refractivity contribution in [1.82, 2.24) is 9.80 Å². The first-order valence-electron chi connectivity index (χ1n) is 8.88. The first-order valence-corrected chi connectivity index (χ1v) is 9.69. The fourth-order valence-corrected chi connectivity index (χ4v) is 4.09. The number of carbonyl (C=O) groups excluding carboxylic acids is 2. The molecule has 136 valence electrons. The first kappa shape index (κ1) is 18.4. The summed E-state index contributed by atoms with van der Waals surface area (Å²) in [5.74, 6) is 0.235. The van der Waals surface area contributed by atoms with Crippen LogP contribution in [0.1, 0.15) is 17.7 Å². The maximum absolute atomic E-state index is 12.4. The topological polar surface area (TPSA) is 40.6 Å². The van der Waals surface area contributed by atoms with Gasteiger partial charge in [0.1, 0.15) is 0 Å². The summed E-state index contributed by atoms with van der Waals surface area (Å²) in [6.07, 6.45) is 5.02. The fraction of sp³-hybridized carbons (Fsp3) is 0.333. The van der Waals surface area contributed by atoms with E-state index in [1.54, 1.807) is 36.4 Å².